The van der Waals surface area contributed by atoms with Crippen molar-refractivity contribution in [3.63, 3.8) is 0 Å². The van der Waals surface area contributed by atoms with Crippen molar-refractivity contribution >= 4 is 45.2 Å². The van der Waals surface area contributed by atoms with Gasteiger partial charge in [-0.1, -0.05) is 45.2 Å². The second-order valence-electron chi connectivity index (χ2n) is 5.51. The fraction of sp³-hybridized carbons (Fsp3) is 1.00. The molecule has 0 unspecified atom stereocenters. The first-order valence-electron chi connectivity index (χ1n) is 5.10. The van der Waals surface area contributed by atoms with Crippen molar-refractivity contribution in [3.8, 4) is 0 Å². The average Bonchev–Trinajstić information content (AvgIpc) is 2.45. The van der Waals surface area contributed by atoms with Crippen LogP contribution in [0.2, 0.25) is 0 Å². The second-order valence-corrected chi connectivity index (χ2v) is 8.38. The van der Waals surface area contributed by atoms with Gasteiger partial charge >= 0.3 is 0 Å². The predicted molar refractivity (Wildman–Crippen MR) is 63.5 cm³/mol. The molecule has 6 fully saturated rings. The van der Waals surface area contributed by atoms with Gasteiger partial charge in [0.25, 0.3) is 0 Å². The molecule has 0 aliphatic heterocycles. The molecule has 0 amide bonds. The van der Waals surface area contributed by atoms with E-state index in [1.54, 1.807) is 0 Å². The Hall–Kier alpha value is 1.46. The minimum absolute atomic E-state index is 1.11. The van der Waals surface area contributed by atoms with E-state index in [0.717, 1.165) is 7.85 Å². The summed E-state index contributed by atoms with van der Waals surface area (Å²) in [7, 11) is 0. The Kier molecular flexibility index (Phi) is 0.944. The molecule has 0 aromatic rings. The molecule has 2 heteroatoms. The highest BCUT2D eigenvalue weighted by atomic mass is 127. The smallest absolute Gasteiger partial charge is 0.0178 e. The van der Waals surface area contributed by atoms with Gasteiger partial charge < -0.3 is 0 Å². The van der Waals surface area contributed by atoms with E-state index in [0.29, 0.717) is 0 Å². The van der Waals surface area contributed by atoms with Crippen LogP contribution < -0.4 is 0 Å². The highest BCUT2D eigenvalue weighted by Gasteiger charge is 2.88. The monoisotopic (exact) mass is 384 g/mol. The van der Waals surface area contributed by atoms with Gasteiger partial charge in [0, 0.05) is 7.85 Å². The lowest BCUT2D eigenvalue weighted by atomic mass is 9.41. The summed E-state index contributed by atoms with van der Waals surface area (Å²) in [6, 6.07) is 0. The van der Waals surface area contributed by atoms with E-state index in [1.807, 2.05) is 0 Å². The molecule has 10 atom stereocenters. The molecule has 0 saturated heterocycles. The van der Waals surface area contributed by atoms with Crippen LogP contribution in [0.3, 0.4) is 0 Å². The first kappa shape index (κ1) is 6.85. The summed E-state index contributed by atoms with van der Waals surface area (Å²) in [4.78, 5) is 0. The standard InChI is InChI=1S/C10H10I2/c11-9-5-1-2-4(5)8-7(9)3(1)6(2)10(8)12/h1-10H/t1-,2+,3-,4-,5+,6-,7-,8+,9+,10-/m0/s1. The fourth-order valence-electron chi connectivity index (χ4n) is 6.03. The lowest BCUT2D eigenvalue weighted by Gasteiger charge is -2.63. The summed E-state index contributed by atoms with van der Waals surface area (Å²) in [5, 5.41) is 0. The van der Waals surface area contributed by atoms with Gasteiger partial charge in [-0.25, -0.2) is 0 Å². The third kappa shape index (κ3) is 0.380. The van der Waals surface area contributed by atoms with Crippen molar-refractivity contribution in [1.82, 2.24) is 0 Å². The van der Waals surface area contributed by atoms with Gasteiger partial charge in [0.2, 0.25) is 0 Å². The molecule has 6 saturated carbocycles. The summed E-state index contributed by atoms with van der Waals surface area (Å²) < 4.78 is 2.21. The molecule has 0 aromatic carbocycles. The van der Waals surface area contributed by atoms with E-state index in [2.05, 4.69) is 45.2 Å². The van der Waals surface area contributed by atoms with E-state index >= 15 is 0 Å². The zero-order valence-electron chi connectivity index (χ0n) is 6.53. The van der Waals surface area contributed by atoms with E-state index in [4.69, 9.17) is 0 Å². The van der Waals surface area contributed by atoms with Crippen molar-refractivity contribution in [2.75, 3.05) is 0 Å². The van der Waals surface area contributed by atoms with E-state index in [-0.39, 0.29) is 0 Å². The van der Waals surface area contributed by atoms with Crippen LogP contribution in [0.1, 0.15) is 0 Å². The molecule has 6 rings (SSSR count). The van der Waals surface area contributed by atoms with Crippen LogP contribution in [0.5, 0.6) is 0 Å². The molecule has 64 valence electrons. The van der Waals surface area contributed by atoms with Gasteiger partial charge in [-0.15, -0.1) is 0 Å². The summed E-state index contributed by atoms with van der Waals surface area (Å²) in [5.74, 6) is 9.80. The molecule has 0 heterocycles. The first-order chi connectivity index (χ1) is 5.82. The maximum absolute atomic E-state index is 2.78. The van der Waals surface area contributed by atoms with Gasteiger partial charge in [0.1, 0.15) is 0 Å². The third-order valence-corrected chi connectivity index (χ3v) is 9.24. The number of halogens is 2. The SMILES string of the molecule is I[C@H]1[C@@H]2[C@H]3[C@@H]4[C@H](I)[C@H]5[C@@H]([C@@H]14)[C@H]2[C@H]53. The largest absolute Gasteiger partial charge is 0.0820 e. The maximum Gasteiger partial charge on any atom is 0.0178 e. The van der Waals surface area contributed by atoms with Crippen molar-refractivity contribution in [2.45, 2.75) is 7.85 Å². The lowest BCUT2D eigenvalue weighted by molar-refractivity contribution is -0.168. The van der Waals surface area contributed by atoms with Gasteiger partial charge in [0.15, 0.2) is 0 Å². The predicted octanol–water partition coefficient (Wildman–Crippen LogP) is 2.59. The van der Waals surface area contributed by atoms with E-state index < -0.39 is 0 Å². The Balaban J connectivity index is 1.83. The number of alkyl halides is 2. The molecule has 4 bridgehead atoms. The molecule has 6 aliphatic rings. The number of hydrogen-bond acceptors (Lipinski definition) is 0. The highest BCUT2D eigenvalue weighted by molar-refractivity contribution is 14.1. The van der Waals surface area contributed by atoms with Gasteiger partial charge in [-0.3, -0.25) is 0 Å². The van der Waals surface area contributed by atoms with E-state index in [9.17, 15) is 0 Å². The van der Waals surface area contributed by atoms with Gasteiger partial charge in [-0.05, 0) is 47.3 Å². The molecule has 0 nitrogen and oxygen atoms in total. The average molecular weight is 384 g/mol. The number of hydrogen-bond donors (Lipinski definition) is 0. The minimum atomic E-state index is 1.11. The maximum atomic E-state index is 2.78. The molecular formula is C10H10I2. The Labute approximate surface area is 99.5 Å². The molecule has 0 spiro atoms. The quantitative estimate of drug-likeness (QED) is 0.445. The van der Waals surface area contributed by atoms with Crippen LogP contribution in [0.15, 0.2) is 0 Å². The highest BCUT2D eigenvalue weighted by Crippen LogP contribution is 2.90. The minimum Gasteiger partial charge on any atom is -0.0820 e. The third-order valence-electron chi connectivity index (χ3n) is 5.92. The van der Waals surface area contributed by atoms with Crippen molar-refractivity contribution in [3.05, 3.63) is 0 Å². The van der Waals surface area contributed by atoms with Crippen LogP contribution in [0, 0.1) is 47.3 Å². The molecule has 0 aromatic heterocycles. The van der Waals surface area contributed by atoms with Crippen LogP contribution in [0.4, 0.5) is 0 Å². The Morgan fingerprint density at radius 1 is 0.417 bits per heavy atom. The zero-order valence-corrected chi connectivity index (χ0v) is 10.8. The Morgan fingerprint density at radius 3 is 1.00 bits per heavy atom. The van der Waals surface area contributed by atoms with Gasteiger partial charge in [-0.2, -0.15) is 0 Å². The molecular weight excluding hydrogens is 374 g/mol. The molecule has 12 heavy (non-hydrogen) atoms. The summed E-state index contributed by atoms with van der Waals surface area (Å²) >= 11 is 5.57. The normalized spacial score (nSPS) is 90.5. The topological polar surface area (TPSA) is 0 Å². The zero-order chi connectivity index (χ0) is 7.77. The van der Waals surface area contributed by atoms with Crippen LogP contribution in [-0.2, 0) is 0 Å². The molecule has 0 N–H and O–H groups in total. The van der Waals surface area contributed by atoms with Crippen LogP contribution in [-0.4, -0.2) is 7.85 Å². The fourth-order valence-corrected chi connectivity index (χ4v) is 9.86. The summed E-state index contributed by atoms with van der Waals surface area (Å²) in [6.07, 6.45) is 0. The second kappa shape index (κ2) is 1.65. The van der Waals surface area contributed by atoms with Crippen molar-refractivity contribution in [2.24, 2.45) is 47.3 Å². The summed E-state index contributed by atoms with van der Waals surface area (Å²) in [6.45, 7) is 0. The molecule has 6 aliphatic carbocycles. The van der Waals surface area contributed by atoms with E-state index in [1.165, 1.54) is 47.3 Å². The number of rotatable bonds is 0. The van der Waals surface area contributed by atoms with Crippen molar-refractivity contribution < 1.29 is 0 Å². The Morgan fingerprint density at radius 2 is 0.667 bits per heavy atom. The van der Waals surface area contributed by atoms with Crippen LogP contribution >= 0.6 is 45.2 Å². The lowest BCUT2D eigenvalue weighted by Crippen LogP contribution is -2.61. The molecule has 0 radical (unpaired) electrons. The van der Waals surface area contributed by atoms with Gasteiger partial charge in [0.05, 0.1) is 0 Å². The summed E-state index contributed by atoms with van der Waals surface area (Å²) in [5.41, 5.74) is 0. The first-order valence-corrected chi connectivity index (χ1v) is 7.59. The Bertz CT molecular complexity index is 268. The van der Waals surface area contributed by atoms with Crippen molar-refractivity contribution in [1.29, 1.82) is 0 Å². The van der Waals surface area contributed by atoms with Crippen LogP contribution in [0.25, 0.3) is 0 Å².